The van der Waals surface area contributed by atoms with Gasteiger partial charge >= 0.3 is 0 Å². The normalized spacial score (nSPS) is 15.4. The van der Waals surface area contributed by atoms with Crippen LogP contribution in [-0.4, -0.2) is 69.6 Å². The standard InChI is InChI=1S/C15H24N4O2/c1-17(2)11-15(20)19-8-6-18(7-9-19)12-4-5-13(16)14(10-12)21-3/h4-5,10H,6-9,11,16H2,1-3H3. The molecule has 0 unspecified atom stereocenters. The van der Waals surface area contributed by atoms with E-state index in [1.54, 1.807) is 7.11 Å². The summed E-state index contributed by atoms with van der Waals surface area (Å²) < 4.78 is 5.26. The molecule has 1 aromatic carbocycles. The summed E-state index contributed by atoms with van der Waals surface area (Å²) in [5, 5.41) is 0. The van der Waals surface area contributed by atoms with Crippen molar-refractivity contribution in [3.8, 4) is 5.75 Å². The molecule has 1 saturated heterocycles. The van der Waals surface area contributed by atoms with Crippen molar-refractivity contribution in [3.05, 3.63) is 18.2 Å². The first kappa shape index (κ1) is 15.4. The number of piperazine rings is 1. The van der Waals surface area contributed by atoms with Crippen LogP contribution >= 0.6 is 0 Å². The first-order chi connectivity index (χ1) is 10.0. The lowest BCUT2D eigenvalue weighted by Crippen LogP contribution is -2.50. The summed E-state index contributed by atoms with van der Waals surface area (Å²) in [6, 6.07) is 5.81. The van der Waals surface area contributed by atoms with Gasteiger partial charge in [-0.25, -0.2) is 0 Å². The van der Waals surface area contributed by atoms with E-state index in [-0.39, 0.29) is 5.91 Å². The fourth-order valence-corrected chi connectivity index (χ4v) is 2.48. The lowest BCUT2D eigenvalue weighted by molar-refractivity contribution is -0.132. The van der Waals surface area contributed by atoms with E-state index in [9.17, 15) is 4.79 Å². The smallest absolute Gasteiger partial charge is 0.236 e. The number of nitrogens with two attached hydrogens (primary N) is 1. The minimum atomic E-state index is 0.189. The van der Waals surface area contributed by atoms with E-state index in [4.69, 9.17) is 10.5 Å². The average Bonchev–Trinajstić information content (AvgIpc) is 2.47. The summed E-state index contributed by atoms with van der Waals surface area (Å²) in [6.45, 7) is 3.62. The summed E-state index contributed by atoms with van der Waals surface area (Å²) in [5.74, 6) is 0.883. The number of carbonyl (C=O) groups excluding carboxylic acids is 1. The van der Waals surface area contributed by atoms with Crippen molar-refractivity contribution in [2.45, 2.75) is 0 Å². The van der Waals surface area contributed by atoms with Crippen molar-refractivity contribution in [3.63, 3.8) is 0 Å². The van der Waals surface area contributed by atoms with Gasteiger partial charge in [0.2, 0.25) is 5.91 Å². The Kier molecular flexibility index (Phi) is 4.90. The van der Waals surface area contributed by atoms with E-state index in [1.165, 1.54) is 0 Å². The molecule has 1 amide bonds. The number of hydrogen-bond donors (Lipinski definition) is 1. The number of carbonyl (C=O) groups is 1. The van der Waals surface area contributed by atoms with Gasteiger partial charge in [0.05, 0.1) is 19.3 Å². The van der Waals surface area contributed by atoms with Crippen molar-refractivity contribution >= 4 is 17.3 Å². The second-order valence-corrected chi connectivity index (χ2v) is 5.53. The molecular weight excluding hydrogens is 268 g/mol. The zero-order chi connectivity index (χ0) is 15.4. The lowest BCUT2D eigenvalue weighted by atomic mass is 10.2. The third-order valence-corrected chi connectivity index (χ3v) is 3.67. The molecule has 1 fully saturated rings. The molecule has 1 aliphatic rings. The molecule has 1 aliphatic heterocycles. The minimum Gasteiger partial charge on any atom is -0.495 e. The number of rotatable bonds is 4. The Labute approximate surface area is 126 Å². The van der Waals surface area contributed by atoms with Crippen LogP contribution in [0.2, 0.25) is 0 Å². The summed E-state index contributed by atoms with van der Waals surface area (Å²) in [7, 11) is 5.44. The van der Waals surface area contributed by atoms with E-state index < -0.39 is 0 Å². The lowest BCUT2D eigenvalue weighted by Gasteiger charge is -2.36. The number of benzene rings is 1. The Hall–Kier alpha value is -1.95. The minimum absolute atomic E-state index is 0.189. The van der Waals surface area contributed by atoms with Gasteiger partial charge in [0.25, 0.3) is 0 Å². The second kappa shape index (κ2) is 6.67. The third kappa shape index (κ3) is 3.78. The fraction of sp³-hybridized carbons (Fsp3) is 0.533. The molecule has 6 heteroatoms. The fourth-order valence-electron chi connectivity index (χ4n) is 2.48. The van der Waals surface area contributed by atoms with Gasteiger partial charge in [-0.3, -0.25) is 4.79 Å². The highest BCUT2D eigenvalue weighted by atomic mass is 16.5. The monoisotopic (exact) mass is 292 g/mol. The van der Waals surface area contributed by atoms with Crippen molar-refractivity contribution in [2.75, 3.05) is 64.6 Å². The van der Waals surface area contributed by atoms with Crippen molar-refractivity contribution in [1.29, 1.82) is 0 Å². The van der Waals surface area contributed by atoms with E-state index in [1.807, 2.05) is 42.1 Å². The van der Waals surface area contributed by atoms with Crippen LogP contribution in [0, 0.1) is 0 Å². The highest BCUT2D eigenvalue weighted by Crippen LogP contribution is 2.27. The van der Waals surface area contributed by atoms with Gasteiger partial charge in [0.15, 0.2) is 0 Å². The number of ether oxygens (including phenoxy) is 1. The van der Waals surface area contributed by atoms with Gasteiger partial charge in [-0.05, 0) is 26.2 Å². The molecule has 2 rings (SSSR count). The highest BCUT2D eigenvalue weighted by Gasteiger charge is 2.21. The first-order valence-corrected chi connectivity index (χ1v) is 7.12. The summed E-state index contributed by atoms with van der Waals surface area (Å²) in [4.78, 5) is 18.1. The quantitative estimate of drug-likeness (QED) is 0.818. The number of methoxy groups -OCH3 is 1. The van der Waals surface area contributed by atoms with Gasteiger partial charge in [-0.2, -0.15) is 0 Å². The maximum Gasteiger partial charge on any atom is 0.236 e. The number of anilines is 2. The van der Waals surface area contributed by atoms with Crippen LogP contribution < -0.4 is 15.4 Å². The van der Waals surface area contributed by atoms with Gasteiger partial charge in [-0.15, -0.1) is 0 Å². The molecule has 0 radical (unpaired) electrons. The summed E-state index contributed by atoms with van der Waals surface area (Å²) >= 11 is 0. The maximum absolute atomic E-state index is 12.0. The topological polar surface area (TPSA) is 62.0 Å². The Morgan fingerprint density at radius 2 is 1.95 bits per heavy atom. The van der Waals surface area contributed by atoms with Gasteiger partial charge in [0.1, 0.15) is 5.75 Å². The van der Waals surface area contributed by atoms with Crippen LogP contribution in [0.25, 0.3) is 0 Å². The van der Waals surface area contributed by atoms with Crippen molar-refractivity contribution in [2.24, 2.45) is 0 Å². The molecule has 0 aromatic heterocycles. The van der Waals surface area contributed by atoms with E-state index in [0.717, 1.165) is 31.9 Å². The number of hydrogen-bond acceptors (Lipinski definition) is 5. The SMILES string of the molecule is COc1cc(N2CCN(C(=O)CN(C)C)CC2)ccc1N. The zero-order valence-electron chi connectivity index (χ0n) is 13.0. The van der Waals surface area contributed by atoms with E-state index >= 15 is 0 Å². The number of likely N-dealkylation sites (N-methyl/N-ethyl adjacent to an activating group) is 1. The zero-order valence-corrected chi connectivity index (χ0v) is 13.0. The number of nitrogens with zero attached hydrogens (tertiary/aromatic N) is 3. The Bertz CT molecular complexity index is 496. The molecule has 0 aliphatic carbocycles. The van der Waals surface area contributed by atoms with Crippen LogP contribution in [0.15, 0.2) is 18.2 Å². The van der Waals surface area contributed by atoms with Crippen LogP contribution in [0.5, 0.6) is 5.75 Å². The average molecular weight is 292 g/mol. The van der Waals surface area contributed by atoms with E-state index in [0.29, 0.717) is 18.0 Å². The molecule has 0 spiro atoms. The van der Waals surface area contributed by atoms with E-state index in [2.05, 4.69) is 4.90 Å². The predicted octanol–water partition coefficient (Wildman–Crippen LogP) is 0.488. The van der Waals surface area contributed by atoms with Gasteiger partial charge in [-0.1, -0.05) is 0 Å². The van der Waals surface area contributed by atoms with Crippen LogP contribution in [0.3, 0.4) is 0 Å². The Morgan fingerprint density at radius 3 is 2.52 bits per heavy atom. The molecule has 2 N–H and O–H groups in total. The third-order valence-electron chi connectivity index (χ3n) is 3.67. The maximum atomic E-state index is 12.0. The van der Waals surface area contributed by atoms with Crippen LogP contribution in [-0.2, 0) is 4.79 Å². The molecule has 21 heavy (non-hydrogen) atoms. The molecule has 116 valence electrons. The highest BCUT2D eigenvalue weighted by molar-refractivity contribution is 5.78. The molecule has 1 aromatic rings. The van der Waals surface area contributed by atoms with Gasteiger partial charge < -0.3 is 25.2 Å². The largest absolute Gasteiger partial charge is 0.495 e. The molecule has 0 bridgehead atoms. The Balaban J connectivity index is 1.96. The summed E-state index contributed by atoms with van der Waals surface area (Å²) in [5.41, 5.74) is 7.56. The van der Waals surface area contributed by atoms with Gasteiger partial charge in [0, 0.05) is 37.9 Å². The first-order valence-electron chi connectivity index (χ1n) is 7.12. The molecule has 6 nitrogen and oxygen atoms in total. The molecule has 1 heterocycles. The van der Waals surface area contributed by atoms with Crippen LogP contribution in [0.1, 0.15) is 0 Å². The second-order valence-electron chi connectivity index (χ2n) is 5.53. The van der Waals surface area contributed by atoms with Crippen LogP contribution in [0.4, 0.5) is 11.4 Å². The molecule has 0 atom stereocenters. The molecular formula is C15H24N4O2. The number of amides is 1. The Morgan fingerprint density at radius 1 is 1.29 bits per heavy atom. The van der Waals surface area contributed by atoms with Crippen molar-refractivity contribution < 1.29 is 9.53 Å². The molecule has 0 saturated carbocycles. The predicted molar refractivity (Wildman–Crippen MR) is 84.8 cm³/mol. The number of nitrogen functional groups attached to an aromatic ring is 1. The van der Waals surface area contributed by atoms with Crippen molar-refractivity contribution in [1.82, 2.24) is 9.80 Å². The summed E-state index contributed by atoms with van der Waals surface area (Å²) in [6.07, 6.45) is 0.